The molecule has 0 unspecified atom stereocenters. The molecule has 1 nitrogen and oxygen atoms in total. The molecule has 0 aromatic heterocycles. The van der Waals surface area contributed by atoms with E-state index in [0.717, 1.165) is 11.4 Å². The van der Waals surface area contributed by atoms with Crippen molar-refractivity contribution in [2.24, 2.45) is 0 Å². The zero-order valence-electron chi connectivity index (χ0n) is 30.0. The Labute approximate surface area is 318 Å². The van der Waals surface area contributed by atoms with Crippen LogP contribution in [0.5, 0.6) is 0 Å². The number of fused-ring (bicyclic) bond motifs is 1. The van der Waals surface area contributed by atoms with Crippen LogP contribution in [0.1, 0.15) is 0 Å². The predicted molar refractivity (Wildman–Crippen MR) is 237 cm³/mol. The van der Waals surface area contributed by atoms with Gasteiger partial charge in [0.25, 0.3) is 0 Å². The highest BCUT2D eigenvalue weighted by Gasteiger charge is 2.18. The number of nitrogens with zero attached hydrogens (tertiary/aromatic N) is 1. The summed E-state index contributed by atoms with van der Waals surface area (Å²) in [6, 6.07) is 74.1. The topological polar surface area (TPSA) is 3.24 Å². The third-order valence-corrected chi connectivity index (χ3v) is 11.9. The Bertz CT molecular complexity index is 3330. The summed E-state index contributed by atoms with van der Waals surface area (Å²) in [6.07, 6.45) is 0. The molecule has 0 radical (unpaired) electrons. The minimum atomic E-state index is 1.13. The molecule has 12 rings (SSSR count). The van der Waals surface area contributed by atoms with Crippen LogP contribution in [0, 0.1) is 0 Å². The Hall–Kier alpha value is -7.22. The average molecular weight is 696 g/mol. The summed E-state index contributed by atoms with van der Waals surface area (Å²) in [5.41, 5.74) is 8.41. The monoisotopic (exact) mass is 695 g/mol. The average Bonchev–Trinajstić information content (AvgIpc) is 3.25. The van der Waals surface area contributed by atoms with Crippen molar-refractivity contribution in [3.05, 3.63) is 200 Å². The molecule has 0 amide bonds. The van der Waals surface area contributed by atoms with Gasteiger partial charge in [0.1, 0.15) is 0 Å². The van der Waals surface area contributed by atoms with E-state index in [0.29, 0.717) is 0 Å². The lowest BCUT2D eigenvalue weighted by Gasteiger charge is -2.27. The first kappa shape index (κ1) is 30.3. The Morgan fingerprint density at radius 2 is 0.745 bits per heavy atom. The maximum atomic E-state index is 2.40. The van der Waals surface area contributed by atoms with Gasteiger partial charge < -0.3 is 4.90 Å². The van der Waals surface area contributed by atoms with E-state index in [1.807, 2.05) is 0 Å². The van der Waals surface area contributed by atoms with Gasteiger partial charge in [0.2, 0.25) is 0 Å². The highest BCUT2D eigenvalue weighted by Crippen LogP contribution is 2.44. The van der Waals surface area contributed by atoms with Gasteiger partial charge in [-0.15, -0.1) is 0 Å². The third kappa shape index (κ3) is 4.60. The van der Waals surface area contributed by atoms with Crippen molar-refractivity contribution in [1.82, 2.24) is 0 Å². The van der Waals surface area contributed by atoms with Crippen LogP contribution >= 0.6 is 0 Å². The summed E-state index contributed by atoms with van der Waals surface area (Å²) in [7, 11) is 0. The van der Waals surface area contributed by atoms with Gasteiger partial charge in [-0.05, 0) is 147 Å². The summed E-state index contributed by atoms with van der Waals surface area (Å²) < 4.78 is 0. The SMILES string of the molecule is c1ccc(N(c2ccc(-c3cc4ccc5cc(-c6ccc7ccc8cccc9ccc6c7c89)cc6ccc(c3)c4c56)cc2)c2cccc3ccccc23)cc1. The highest BCUT2D eigenvalue weighted by molar-refractivity contribution is 6.27. The second-order valence-electron chi connectivity index (χ2n) is 14.9. The molecule has 0 fully saturated rings. The number of hydrogen-bond donors (Lipinski definition) is 0. The largest absolute Gasteiger partial charge is 0.310 e. The Kier molecular flexibility index (Phi) is 6.40. The van der Waals surface area contributed by atoms with Crippen LogP contribution in [-0.2, 0) is 0 Å². The maximum absolute atomic E-state index is 2.40. The lowest BCUT2D eigenvalue weighted by molar-refractivity contribution is 1.30. The molecule has 0 bridgehead atoms. The molecule has 12 aromatic rings. The molecule has 0 aliphatic carbocycles. The van der Waals surface area contributed by atoms with Crippen LogP contribution in [0.25, 0.3) is 97.7 Å². The number of hydrogen-bond acceptors (Lipinski definition) is 1. The van der Waals surface area contributed by atoms with E-state index >= 15 is 0 Å². The first-order valence-corrected chi connectivity index (χ1v) is 19.1. The zero-order chi connectivity index (χ0) is 36.0. The van der Waals surface area contributed by atoms with E-state index < -0.39 is 0 Å². The van der Waals surface area contributed by atoms with Gasteiger partial charge in [-0.2, -0.15) is 0 Å². The highest BCUT2D eigenvalue weighted by atomic mass is 15.1. The van der Waals surface area contributed by atoms with E-state index in [2.05, 4.69) is 205 Å². The third-order valence-electron chi connectivity index (χ3n) is 11.9. The van der Waals surface area contributed by atoms with Gasteiger partial charge in [0.15, 0.2) is 0 Å². The summed E-state index contributed by atoms with van der Waals surface area (Å²) in [4.78, 5) is 2.36. The minimum absolute atomic E-state index is 1.13. The predicted octanol–water partition coefficient (Wildman–Crippen LogP) is 15.4. The lowest BCUT2D eigenvalue weighted by Crippen LogP contribution is -2.10. The van der Waals surface area contributed by atoms with E-state index in [4.69, 9.17) is 0 Å². The van der Waals surface area contributed by atoms with Gasteiger partial charge in [-0.1, -0.05) is 146 Å². The number of para-hydroxylation sites is 1. The van der Waals surface area contributed by atoms with Gasteiger partial charge >= 0.3 is 0 Å². The fraction of sp³-hybridized carbons (Fsp3) is 0. The van der Waals surface area contributed by atoms with Crippen molar-refractivity contribution in [2.45, 2.75) is 0 Å². The van der Waals surface area contributed by atoms with Crippen molar-refractivity contribution >= 4 is 92.5 Å². The van der Waals surface area contributed by atoms with E-state index in [9.17, 15) is 0 Å². The molecule has 1 heteroatoms. The van der Waals surface area contributed by atoms with Gasteiger partial charge in [0.05, 0.1) is 5.69 Å². The number of rotatable bonds is 5. The smallest absolute Gasteiger partial charge is 0.0540 e. The van der Waals surface area contributed by atoms with Crippen LogP contribution in [-0.4, -0.2) is 0 Å². The summed E-state index contributed by atoms with van der Waals surface area (Å²) in [5, 5.41) is 18.2. The molecule has 0 spiro atoms. The molecule has 0 saturated carbocycles. The van der Waals surface area contributed by atoms with Crippen LogP contribution in [0.4, 0.5) is 17.1 Å². The first-order chi connectivity index (χ1) is 27.2. The van der Waals surface area contributed by atoms with E-state index in [1.54, 1.807) is 0 Å². The van der Waals surface area contributed by atoms with Crippen LogP contribution in [0.2, 0.25) is 0 Å². The second kappa shape index (κ2) is 11.6. The van der Waals surface area contributed by atoms with E-state index in [-0.39, 0.29) is 0 Å². The Morgan fingerprint density at radius 1 is 0.255 bits per heavy atom. The lowest BCUT2D eigenvalue weighted by atomic mass is 9.87. The molecule has 0 aliphatic rings. The van der Waals surface area contributed by atoms with Crippen molar-refractivity contribution in [3.63, 3.8) is 0 Å². The van der Waals surface area contributed by atoms with E-state index in [1.165, 1.54) is 103 Å². The number of benzene rings is 12. The molecule has 55 heavy (non-hydrogen) atoms. The quantitative estimate of drug-likeness (QED) is 0.162. The maximum Gasteiger partial charge on any atom is 0.0540 e. The van der Waals surface area contributed by atoms with Crippen molar-refractivity contribution < 1.29 is 0 Å². The number of anilines is 3. The van der Waals surface area contributed by atoms with Crippen LogP contribution < -0.4 is 4.90 Å². The normalized spacial score (nSPS) is 12.0. The zero-order valence-corrected chi connectivity index (χ0v) is 30.0. The molecule has 0 N–H and O–H groups in total. The van der Waals surface area contributed by atoms with Gasteiger partial charge in [-0.25, -0.2) is 0 Å². The second-order valence-corrected chi connectivity index (χ2v) is 14.9. The standard InChI is InChI=1S/C54H33N/c1-2-12-45(13-3-1)55(50-15-7-9-35-8-4-5-14-48(35)50)46-26-22-34(23-27-46)43-30-39-18-20-41-32-44(33-42-21-19-40(31-43)52(39)53(41)42)47-28-24-38-17-16-36-10-6-11-37-25-29-49(47)54(38)51(36)37/h1-33H. The fourth-order valence-electron chi connectivity index (χ4n) is 9.36. The van der Waals surface area contributed by atoms with Gasteiger partial charge in [0, 0.05) is 16.8 Å². The molecule has 0 aliphatic heterocycles. The van der Waals surface area contributed by atoms with Crippen LogP contribution in [0.15, 0.2) is 200 Å². The minimum Gasteiger partial charge on any atom is -0.310 e. The molecule has 0 saturated heterocycles. The molecular weight excluding hydrogens is 663 g/mol. The Balaban J connectivity index is 0.956. The van der Waals surface area contributed by atoms with Crippen molar-refractivity contribution in [3.8, 4) is 22.3 Å². The molecule has 0 atom stereocenters. The van der Waals surface area contributed by atoms with Gasteiger partial charge in [-0.3, -0.25) is 0 Å². The molecule has 0 heterocycles. The summed E-state index contributed by atoms with van der Waals surface area (Å²) >= 11 is 0. The molecule has 254 valence electrons. The molecular formula is C54H33N. The molecule has 12 aromatic carbocycles. The van der Waals surface area contributed by atoms with Crippen molar-refractivity contribution in [1.29, 1.82) is 0 Å². The van der Waals surface area contributed by atoms with Crippen molar-refractivity contribution in [2.75, 3.05) is 4.90 Å². The summed E-state index contributed by atoms with van der Waals surface area (Å²) in [6.45, 7) is 0. The van der Waals surface area contributed by atoms with Crippen LogP contribution in [0.3, 0.4) is 0 Å². The Morgan fingerprint density at radius 3 is 1.45 bits per heavy atom. The summed E-state index contributed by atoms with van der Waals surface area (Å²) in [5.74, 6) is 0. The fourth-order valence-corrected chi connectivity index (χ4v) is 9.36. The first-order valence-electron chi connectivity index (χ1n) is 19.1.